The Morgan fingerprint density at radius 3 is 3.21 bits per heavy atom. The SMILES string of the molecule is NNc1nc2cccc3c2n1CCC3. The molecule has 1 aromatic carbocycles. The van der Waals surface area contributed by atoms with E-state index >= 15 is 0 Å². The summed E-state index contributed by atoms with van der Waals surface area (Å²) >= 11 is 0. The van der Waals surface area contributed by atoms with Crippen molar-refractivity contribution in [2.75, 3.05) is 5.43 Å². The lowest BCUT2D eigenvalue weighted by atomic mass is 10.1. The van der Waals surface area contributed by atoms with Gasteiger partial charge in [-0.25, -0.2) is 10.8 Å². The molecule has 0 spiro atoms. The molecule has 0 radical (unpaired) electrons. The van der Waals surface area contributed by atoms with Crippen LogP contribution in [0, 0.1) is 0 Å². The van der Waals surface area contributed by atoms with Crippen molar-refractivity contribution in [3.05, 3.63) is 23.8 Å². The molecule has 1 aliphatic rings. The fourth-order valence-electron chi connectivity index (χ4n) is 2.22. The number of hydrogen-bond donors (Lipinski definition) is 2. The number of nitrogens with one attached hydrogen (secondary N) is 1. The number of hydrogen-bond acceptors (Lipinski definition) is 3. The molecule has 1 aromatic heterocycles. The summed E-state index contributed by atoms with van der Waals surface area (Å²) < 4.78 is 2.16. The van der Waals surface area contributed by atoms with Crippen LogP contribution in [0.1, 0.15) is 12.0 Å². The highest BCUT2D eigenvalue weighted by Crippen LogP contribution is 2.27. The van der Waals surface area contributed by atoms with Gasteiger partial charge in [0.05, 0.1) is 11.0 Å². The smallest absolute Gasteiger partial charge is 0.218 e. The summed E-state index contributed by atoms with van der Waals surface area (Å²) in [6.07, 6.45) is 2.31. The Bertz CT molecular complexity index is 486. The maximum absolute atomic E-state index is 5.43. The second-order valence-corrected chi connectivity index (χ2v) is 3.62. The molecule has 0 fully saturated rings. The topological polar surface area (TPSA) is 55.9 Å². The van der Waals surface area contributed by atoms with E-state index in [0.717, 1.165) is 30.9 Å². The Labute approximate surface area is 81.7 Å². The summed E-state index contributed by atoms with van der Waals surface area (Å²) in [4.78, 5) is 4.43. The number of aromatic nitrogens is 2. The van der Waals surface area contributed by atoms with Crippen LogP contribution in [0.15, 0.2) is 18.2 Å². The number of benzene rings is 1. The Kier molecular flexibility index (Phi) is 1.52. The highest BCUT2D eigenvalue weighted by Gasteiger charge is 2.16. The van der Waals surface area contributed by atoms with E-state index in [9.17, 15) is 0 Å². The number of rotatable bonds is 1. The van der Waals surface area contributed by atoms with E-state index in [4.69, 9.17) is 5.84 Å². The van der Waals surface area contributed by atoms with Crippen LogP contribution in [0.2, 0.25) is 0 Å². The summed E-state index contributed by atoms with van der Waals surface area (Å²) in [5.74, 6) is 6.20. The number of nitrogens with zero attached hydrogens (tertiary/aromatic N) is 2. The minimum absolute atomic E-state index is 0.771. The van der Waals surface area contributed by atoms with Gasteiger partial charge in [0.25, 0.3) is 0 Å². The minimum atomic E-state index is 0.771. The average molecular weight is 188 g/mol. The van der Waals surface area contributed by atoms with Crippen LogP contribution in [0.4, 0.5) is 5.95 Å². The molecule has 0 saturated heterocycles. The molecule has 2 aromatic rings. The maximum Gasteiger partial charge on any atom is 0.218 e. The molecule has 1 aliphatic heterocycles. The third kappa shape index (κ3) is 0.886. The summed E-state index contributed by atoms with van der Waals surface area (Å²) in [5, 5.41) is 0. The van der Waals surface area contributed by atoms with E-state index < -0.39 is 0 Å². The van der Waals surface area contributed by atoms with Crippen molar-refractivity contribution in [1.82, 2.24) is 9.55 Å². The Balaban J connectivity index is 2.42. The molecule has 0 aliphatic carbocycles. The minimum Gasteiger partial charge on any atom is -0.309 e. The first-order valence-corrected chi connectivity index (χ1v) is 4.85. The number of para-hydroxylation sites is 1. The Morgan fingerprint density at radius 2 is 2.36 bits per heavy atom. The molecule has 4 heteroatoms. The molecule has 2 heterocycles. The van der Waals surface area contributed by atoms with Gasteiger partial charge in [0.2, 0.25) is 5.95 Å². The van der Waals surface area contributed by atoms with Gasteiger partial charge in [-0.05, 0) is 24.5 Å². The van der Waals surface area contributed by atoms with Crippen LogP contribution in [-0.2, 0) is 13.0 Å². The number of aryl methyl sites for hydroxylation is 2. The van der Waals surface area contributed by atoms with E-state index in [1.807, 2.05) is 6.07 Å². The lowest BCUT2D eigenvalue weighted by molar-refractivity contribution is 0.636. The molecule has 0 bridgehead atoms. The normalized spacial score (nSPS) is 14.6. The zero-order valence-electron chi connectivity index (χ0n) is 7.83. The lowest BCUT2D eigenvalue weighted by Gasteiger charge is -2.15. The van der Waals surface area contributed by atoms with Gasteiger partial charge in [0, 0.05) is 6.54 Å². The molecule has 0 saturated carbocycles. The summed E-state index contributed by atoms with van der Waals surface area (Å²) in [7, 11) is 0. The summed E-state index contributed by atoms with van der Waals surface area (Å²) in [6, 6.07) is 6.25. The predicted octanol–water partition coefficient (Wildman–Crippen LogP) is 1.27. The van der Waals surface area contributed by atoms with Gasteiger partial charge in [0.15, 0.2) is 0 Å². The summed E-state index contributed by atoms with van der Waals surface area (Å²) in [5.41, 5.74) is 6.31. The quantitative estimate of drug-likeness (QED) is 0.523. The molecule has 3 rings (SSSR count). The van der Waals surface area contributed by atoms with Crippen LogP contribution in [0.3, 0.4) is 0 Å². The van der Waals surface area contributed by atoms with Crippen molar-refractivity contribution in [3.63, 3.8) is 0 Å². The van der Waals surface area contributed by atoms with E-state index in [1.54, 1.807) is 0 Å². The van der Waals surface area contributed by atoms with Crippen molar-refractivity contribution in [2.24, 2.45) is 5.84 Å². The van der Waals surface area contributed by atoms with E-state index in [-0.39, 0.29) is 0 Å². The third-order valence-electron chi connectivity index (χ3n) is 2.81. The van der Waals surface area contributed by atoms with Crippen molar-refractivity contribution in [1.29, 1.82) is 0 Å². The standard InChI is InChI=1S/C10H12N4/c11-13-10-12-8-5-1-3-7-4-2-6-14(10)9(7)8/h1,3,5H,2,4,6,11H2,(H,12,13). The van der Waals surface area contributed by atoms with E-state index in [1.165, 1.54) is 11.1 Å². The first-order chi connectivity index (χ1) is 6.90. The van der Waals surface area contributed by atoms with Crippen molar-refractivity contribution >= 4 is 17.0 Å². The monoisotopic (exact) mass is 188 g/mol. The molecule has 14 heavy (non-hydrogen) atoms. The average Bonchev–Trinajstić information content (AvgIpc) is 2.60. The van der Waals surface area contributed by atoms with Crippen LogP contribution >= 0.6 is 0 Å². The highest BCUT2D eigenvalue weighted by atomic mass is 15.3. The molecule has 0 atom stereocenters. The fraction of sp³-hybridized carbons (Fsp3) is 0.300. The van der Waals surface area contributed by atoms with E-state index in [0.29, 0.717) is 0 Å². The number of imidazole rings is 1. The number of hydrazine groups is 1. The van der Waals surface area contributed by atoms with Gasteiger partial charge < -0.3 is 4.57 Å². The molecule has 4 nitrogen and oxygen atoms in total. The van der Waals surface area contributed by atoms with Crippen molar-refractivity contribution in [2.45, 2.75) is 19.4 Å². The van der Waals surface area contributed by atoms with Gasteiger partial charge >= 0.3 is 0 Å². The van der Waals surface area contributed by atoms with Crippen molar-refractivity contribution in [3.8, 4) is 0 Å². The fourth-order valence-corrected chi connectivity index (χ4v) is 2.22. The van der Waals surface area contributed by atoms with Gasteiger partial charge in [-0.3, -0.25) is 5.43 Å². The first kappa shape index (κ1) is 7.82. The highest BCUT2D eigenvalue weighted by molar-refractivity contribution is 5.82. The van der Waals surface area contributed by atoms with Crippen LogP contribution in [-0.4, -0.2) is 9.55 Å². The number of nitrogen functional groups attached to an aromatic ring is 1. The Morgan fingerprint density at radius 1 is 1.43 bits per heavy atom. The molecule has 0 amide bonds. The molecular weight excluding hydrogens is 176 g/mol. The first-order valence-electron chi connectivity index (χ1n) is 4.85. The molecule has 0 unspecified atom stereocenters. The van der Waals surface area contributed by atoms with Crippen LogP contribution in [0.5, 0.6) is 0 Å². The van der Waals surface area contributed by atoms with Gasteiger partial charge in [-0.2, -0.15) is 0 Å². The summed E-state index contributed by atoms with van der Waals surface area (Å²) in [6.45, 7) is 1.01. The molecule has 3 N–H and O–H groups in total. The Hall–Kier alpha value is -1.55. The van der Waals surface area contributed by atoms with Crippen molar-refractivity contribution < 1.29 is 0 Å². The zero-order chi connectivity index (χ0) is 9.54. The largest absolute Gasteiger partial charge is 0.309 e. The zero-order valence-corrected chi connectivity index (χ0v) is 7.83. The predicted molar refractivity (Wildman–Crippen MR) is 55.9 cm³/mol. The van der Waals surface area contributed by atoms with Crippen LogP contribution < -0.4 is 11.3 Å². The molecule has 72 valence electrons. The van der Waals surface area contributed by atoms with E-state index in [2.05, 4.69) is 27.1 Å². The third-order valence-corrected chi connectivity index (χ3v) is 2.81. The van der Waals surface area contributed by atoms with Gasteiger partial charge in [-0.1, -0.05) is 12.1 Å². The second kappa shape index (κ2) is 2.72. The number of anilines is 1. The van der Waals surface area contributed by atoms with Crippen LogP contribution in [0.25, 0.3) is 11.0 Å². The van der Waals surface area contributed by atoms with Gasteiger partial charge in [0.1, 0.15) is 0 Å². The second-order valence-electron chi connectivity index (χ2n) is 3.62. The maximum atomic E-state index is 5.43. The number of nitrogens with two attached hydrogens (primary N) is 1. The van der Waals surface area contributed by atoms with Gasteiger partial charge in [-0.15, -0.1) is 0 Å². The lowest BCUT2D eigenvalue weighted by Crippen LogP contribution is -2.15. The molecular formula is C10H12N4.